The van der Waals surface area contributed by atoms with Crippen molar-refractivity contribution in [1.29, 1.82) is 0 Å². The molecule has 0 unspecified atom stereocenters. The minimum atomic E-state index is -3.00. The third kappa shape index (κ3) is 4.49. The molecule has 3 rings (SSSR count). The number of rotatable bonds is 5. The van der Waals surface area contributed by atoms with Crippen molar-refractivity contribution in [3.05, 3.63) is 0 Å². The lowest BCUT2D eigenvalue weighted by Gasteiger charge is -2.36. The van der Waals surface area contributed by atoms with Gasteiger partial charge in [-0.3, -0.25) is 9.69 Å². The second-order valence-electron chi connectivity index (χ2n) is 7.55. The monoisotopic (exact) mass is 358 g/mol. The average Bonchev–Trinajstić information content (AvgIpc) is 3.16. The molecule has 7 heteroatoms. The summed E-state index contributed by atoms with van der Waals surface area (Å²) in [6, 6.07) is 0.256. The van der Waals surface area contributed by atoms with E-state index in [4.69, 9.17) is 4.74 Å². The summed E-state index contributed by atoms with van der Waals surface area (Å²) < 4.78 is 29.4. The first-order valence-corrected chi connectivity index (χ1v) is 11.1. The van der Waals surface area contributed by atoms with Crippen molar-refractivity contribution in [3.63, 3.8) is 0 Å². The minimum Gasteiger partial charge on any atom is -0.376 e. The van der Waals surface area contributed by atoms with Crippen LogP contribution in [0.25, 0.3) is 0 Å². The molecule has 3 aliphatic rings. The highest BCUT2D eigenvalue weighted by Gasteiger charge is 2.37. The number of piperidine rings is 1. The molecule has 6 nitrogen and oxygen atoms in total. The largest absolute Gasteiger partial charge is 0.376 e. The first kappa shape index (κ1) is 18.1. The van der Waals surface area contributed by atoms with Gasteiger partial charge in [-0.2, -0.15) is 0 Å². The number of carbonyl (C=O) groups excluding carboxylic acids is 1. The number of hydrogen-bond donors (Lipinski definition) is 0. The fraction of sp³-hybridized carbons (Fsp3) is 0.941. The van der Waals surface area contributed by atoms with Gasteiger partial charge in [0.2, 0.25) is 5.91 Å². The Balaban J connectivity index is 1.66. The van der Waals surface area contributed by atoms with Gasteiger partial charge in [-0.05, 0) is 45.6 Å². The second kappa shape index (κ2) is 7.70. The molecule has 24 heavy (non-hydrogen) atoms. The molecule has 3 aliphatic heterocycles. The molecule has 3 heterocycles. The molecule has 0 spiro atoms. The fourth-order valence-corrected chi connectivity index (χ4v) is 5.87. The topological polar surface area (TPSA) is 66.9 Å². The minimum absolute atomic E-state index is 0.0658. The molecule has 0 aromatic carbocycles. The zero-order valence-corrected chi connectivity index (χ0v) is 15.5. The van der Waals surface area contributed by atoms with Crippen LogP contribution in [-0.2, 0) is 19.4 Å². The summed E-state index contributed by atoms with van der Waals surface area (Å²) in [6.45, 7) is 4.84. The zero-order chi connectivity index (χ0) is 17.2. The van der Waals surface area contributed by atoms with Gasteiger partial charge in [-0.15, -0.1) is 0 Å². The molecule has 0 aromatic heterocycles. The number of sulfone groups is 1. The Morgan fingerprint density at radius 2 is 2.04 bits per heavy atom. The summed E-state index contributed by atoms with van der Waals surface area (Å²) in [5, 5.41) is 0. The van der Waals surface area contributed by atoms with Gasteiger partial charge in [0.05, 0.1) is 24.2 Å². The highest BCUT2D eigenvalue weighted by Crippen LogP contribution is 2.23. The van der Waals surface area contributed by atoms with Gasteiger partial charge in [-0.25, -0.2) is 8.42 Å². The molecule has 0 aliphatic carbocycles. The lowest BCUT2D eigenvalue weighted by Crippen LogP contribution is -2.51. The normalized spacial score (nSPS) is 33.6. The summed E-state index contributed by atoms with van der Waals surface area (Å²) in [6.07, 6.45) is 6.12. The van der Waals surface area contributed by atoms with Crippen LogP contribution in [0.1, 0.15) is 45.4 Å². The first-order chi connectivity index (χ1) is 11.4. The van der Waals surface area contributed by atoms with E-state index in [0.717, 1.165) is 38.8 Å². The number of likely N-dealkylation sites (tertiary alicyclic amines) is 1. The van der Waals surface area contributed by atoms with E-state index in [1.807, 2.05) is 4.90 Å². The Morgan fingerprint density at radius 3 is 2.67 bits per heavy atom. The van der Waals surface area contributed by atoms with Crippen molar-refractivity contribution in [2.24, 2.45) is 0 Å². The van der Waals surface area contributed by atoms with Crippen LogP contribution in [0.2, 0.25) is 0 Å². The van der Waals surface area contributed by atoms with E-state index in [1.54, 1.807) is 0 Å². The van der Waals surface area contributed by atoms with Crippen LogP contribution < -0.4 is 0 Å². The van der Waals surface area contributed by atoms with Crippen molar-refractivity contribution in [3.8, 4) is 0 Å². The van der Waals surface area contributed by atoms with E-state index in [-0.39, 0.29) is 29.6 Å². The van der Waals surface area contributed by atoms with Crippen molar-refractivity contribution >= 4 is 15.7 Å². The molecule has 3 fully saturated rings. The molecule has 138 valence electrons. The molecular formula is C17H30N2O4S. The third-order valence-electron chi connectivity index (χ3n) is 5.67. The Hall–Kier alpha value is -0.660. The maximum Gasteiger partial charge on any atom is 0.237 e. The zero-order valence-electron chi connectivity index (χ0n) is 14.7. The van der Waals surface area contributed by atoms with Gasteiger partial charge in [0.1, 0.15) is 0 Å². The van der Waals surface area contributed by atoms with Gasteiger partial charge >= 0.3 is 0 Å². The second-order valence-corrected chi connectivity index (χ2v) is 9.78. The van der Waals surface area contributed by atoms with Crippen LogP contribution in [0.15, 0.2) is 0 Å². The summed E-state index contributed by atoms with van der Waals surface area (Å²) in [7, 11) is -3.00. The standard InChI is InChI=1S/C17H30N2O4S/c1-14-5-2-3-8-18(14)12-17(20)19(11-16-6-4-9-23-16)15-7-10-24(21,22)13-15/h14-16H,2-13H2,1H3/t14-,15-,16-/m1/s1. The Morgan fingerprint density at radius 1 is 1.21 bits per heavy atom. The lowest BCUT2D eigenvalue weighted by molar-refractivity contribution is -0.137. The molecule has 0 aromatic rings. The SMILES string of the molecule is C[C@@H]1CCCCN1CC(=O)N(C[C@H]1CCCO1)[C@@H]1CCS(=O)(=O)C1. The summed E-state index contributed by atoms with van der Waals surface area (Å²) in [5.41, 5.74) is 0. The third-order valence-corrected chi connectivity index (χ3v) is 7.42. The van der Waals surface area contributed by atoms with Crippen molar-refractivity contribution in [1.82, 2.24) is 9.80 Å². The van der Waals surface area contributed by atoms with Crippen molar-refractivity contribution < 1.29 is 17.9 Å². The average molecular weight is 359 g/mol. The van der Waals surface area contributed by atoms with Gasteiger partial charge in [0.25, 0.3) is 0 Å². The molecule has 3 atom stereocenters. The van der Waals surface area contributed by atoms with Crippen LogP contribution >= 0.6 is 0 Å². The Bertz CT molecular complexity index is 545. The number of hydrogen-bond acceptors (Lipinski definition) is 5. The summed E-state index contributed by atoms with van der Waals surface area (Å²) in [4.78, 5) is 17.0. The van der Waals surface area contributed by atoms with E-state index in [2.05, 4.69) is 11.8 Å². The van der Waals surface area contributed by atoms with Crippen molar-refractivity contribution in [2.75, 3.05) is 37.7 Å². The lowest BCUT2D eigenvalue weighted by atomic mass is 10.0. The molecular weight excluding hydrogens is 328 g/mol. The van der Waals surface area contributed by atoms with E-state index < -0.39 is 9.84 Å². The predicted octanol–water partition coefficient (Wildman–Crippen LogP) is 1.06. The number of carbonyl (C=O) groups is 1. The summed E-state index contributed by atoms with van der Waals surface area (Å²) in [5.74, 6) is 0.384. The molecule has 0 N–H and O–H groups in total. The molecule has 0 radical (unpaired) electrons. The molecule has 0 saturated carbocycles. The van der Waals surface area contributed by atoms with E-state index in [0.29, 0.717) is 25.6 Å². The number of nitrogens with zero attached hydrogens (tertiary/aromatic N) is 2. The van der Waals surface area contributed by atoms with Gasteiger partial charge in [-0.1, -0.05) is 6.42 Å². The molecule has 0 bridgehead atoms. The Kier molecular flexibility index (Phi) is 5.82. The van der Waals surface area contributed by atoms with E-state index in [1.165, 1.54) is 6.42 Å². The number of ether oxygens (including phenoxy) is 1. The first-order valence-electron chi connectivity index (χ1n) is 9.30. The van der Waals surface area contributed by atoms with Gasteiger partial charge in [0.15, 0.2) is 9.84 Å². The molecule has 1 amide bonds. The smallest absolute Gasteiger partial charge is 0.237 e. The van der Waals surface area contributed by atoms with E-state index in [9.17, 15) is 13.2 Å². The highest BCUT2D eigenvalue weighted by molar-refractivity contribution is 7.91. The van der Waals surface area contributed by atoms with Crippen LogP contribution in [0, 0.1) is 0 Å². The number of amides is 1. The van der Waals surface area contributed by atoms with Crippen LogP contribution in [-0.4, -0.2) is 80.1 Å². The fourth-order valence-electron chi connectivity index (χ4n) is 4.14. The summed E-state index contributed by atoms with van der Waals surface area (Å²) >= 11 is 0. The maximum atomic E-state index is 13.0. The highest BCUT2D eigenvalue weighted by atomic mass is 32.2. The maximum absolute atomic E-state index is 13.0. The van der Waals surface area contributed by atoms with Crippen LogP contribution in [0.3, 0.4) is 0 Å². The van der Waals surface area contributed by atoms with Gasteiger partial charge < -0.3 is 9.64 Å². The van der Waals surface area contributed by atoms with E-state index >= 15 is 0 Å². The van der Waals surface area contributed by atoms with Crippen LogP contribution in [0.5, 0.6) is 0 Å². The molecule has 3 saturated heterocycles. The Labute approximate surface area is 145 Å². The van der Waals surface area contributed by atoms with Gasteiger partial charge in [0, 0.05) is 25.2 Å². The predicted molar refractivity (Wildman–Crippen MR) is 92.6 cm³/mol. The quantitative estimate of drug-likeness (QED) is 0.735. The van der Waals surface area contributed by atoms with Crippen LogP contribution in [0.4, 0.5) is 0 Å². The van der Waals surface area contributed by atoms with Crippen molar-refractivity contribution in [2.45, 2.75) is 63.6 Å².